The van der Waals surface area contributed by atoms with Gasteiger partial charge in [-0.15, -0.1) is 0 Å². The van der Waals surface area contributed by atoms with Gasteiger partial charge >= 0.3 is 0 Å². The van der Waals surface area contributed by atoms with E-state index in [4.69, 9.17) is 5.73 Å². The van der Waals surface area contributed by atoms with E-state index >= 15 is 0 Å². The average molecular weight is 250 g/mol. The van der Waals surface area contributed by atoms with Gasteiger partial charge in [0.05, 0.1) is 5.41 Å². The van der Waals surface area contributed by atoms with Crippen molar-refractivity contribution in [2.75, 3.05) is 13.1 Å². The number of carbonyl (C=O) groups is 1. The molecule has 3 fully saturated rings. The van der Waals surface area contributed by atoms with Gasteiger partial charge in [-0.2, -0.15) is 0 Å². The minimum atomic E-state index is -0.162. The highest BCUT2D eigenvalue weighted by Crippen LogP contribution is 2.61. The highest BCUT2D eigenvalue weighted by molar-refractivity contribution is 5.85. The lowest BCUT2D eigenvalue weighted by Crippen LogP contribution is -2.61. The molecule has 1 amide bonds. The van der Waals surface area contributed by atoms with Crippen LogP contribution in [0.4, 0.5) is 0 Å². The van der Waals surface area contributed by atoms with E-state index in [9.17, 15) is 4.79 Å². The van der Waals surface area contributed by atoms with Crippen molar-refractivity contribution in [1.82, 2.24) is 4.90 Å². The normalized spacial score (nSPS) is 30.9. The second-order valence-electron chi connectivity index (χ2n) is 6.59. The van der Waals surface area contributed by atoms with Crippen LogP contribution in [-0.4, -0.2) is 29.4 Å². The van der Waals surface area contributed by atoms with Crippen LogP contribution in [0, 0.1) is 5.41 Å². The molecule has 2 aliphatic carbocycles. The van der Waals surface area contributed by atoms with E-state index < -0.39 is 0 Å². The van der Waals surface area contributed by atoms with Crippen LogP contribution in [0.15, 0.2) is 0 Å². The van der Waals surface area contributed by atoms with Crippen LogP contribution in [0.3, 0.4) is 0 Å². The van der Waals surface area contributed by atoms with Gasteiger partial charge in [0.1, 0.15) is 0 Å². The Morgan fingerprint density at radius 3 is 1.89 bits per heavy atom. The highest BCUT2D eigenvalue weighted by atomic mass is 16.1. The minimum absolute atomic E-state index is 0.0185. The molecule has 3 rings (SSSR count). The monoisotopic (exact) mass is 250 g/mol. The Morgan fingerprint density at radius 1 is 0.833 bits per heavy atom. The lowest BCUT2D eigenvalue weighted by atomic mass is 9.68. The maximum absolute atomic E-state index is 12.0. The maximum Gasteiger partial charge on any atom is 0.225 e. The second-order valence-corrected chi connectivity index (χ2v) is 6.59. The van der Waals surface area contributed by atoms with Crippen molar-refractivity contribution >= 4 is 5.91 Å². The van der Waals surface area contributed by atoms with Crippen molar-refractivity contribution < 1.29 is 4.79 Å². The van der Waals surface area contributed by atoms with E-state index in [2.05, 4.69) is 4.90 Å². The van der Waals surface area contributed by atoms with E-state index in [-0.39, 0.29) is 16.9 Å². The lowest BCUT2D eigenvalue weighted by Gasteiger charge is -2.52. The predicted molar refractivity (Wildman–Crippen MR) is 72.1 cm³/mol. The van der Waals surface area contributed by atoms with Crippen LogP contribution >= 0.6 is 0 Å². The van der Waals surface area contributed by atoms with Crippen LogP contribution in [0.2, 0.25) is 0 Å². The van der Waals surface area contributed by atoms with Crippen LogP contribution in [0.25, 0.3) is 0 Å². The molecule has 2 N–H and O–H groups in total. The summed E-state index contributed by atoms with van der Waals surface area (Å²) in [5.74, 6) is -0.0185. The Morgan fingerprint density at radius 2 is 1.39 bits per heavy atom. The fourth-order valence-electron chi connectivity index (χ4n) is 4.62. The fourth-order valence-corrected chi connectivity index (χ4v) is 4.62. The summed E-state index contributed by atoms with van der Waals surface area (Å²) in [5.41, 5.74) is 5.76. The van der Waals surface area contributed by atoms with Gasteiger partial charge in [0, 0.05) is 5.54 Å². The third-order valence-corrected chi connectivity index (χ3v) is 5.75. The zero-order chi connectivity index (χ0) is 12.6. The van der Waals surface area contributed by atoms with Crippen molar-refractivity contribution in [3.05, 3.63) is 0 Å². The van der Waals surface area contributed by atoms with Gasteiger partial charge < -0.3 is 5.73 Å². The fraction of sp³-hybridized carbons (Fsp3) is 0.933. The van der Waals surface area contributed by atoms with Gasteiger partial charge in [0.2, 0.25) is 5.91 Å². The molecule has 102 valence electrons. The number of hydrogen-bond acceptors (Lipinski definition) is 2. The number of nitrogens with zero attached hydrogens (tertiary/aromatic N) is 1. The average Bonchev–Trinajstić information content (AvgIpc) is 3.22. The molecule has 3 aliphatic rings. The maximum atomic E-state index is 12.0. The third-order valence-electron chi connectivity index (χ3n) is 5.75. The van der Waals surface area contributed by atoms with Crippen molar-refractivity contribution in [3.63, 3.8) is 0 Å². The van der Waals surface area contributed by atoms with Crippen molar-refractivity contribution in [1.29, 1.82) is 0 Å². The molecule has 0 aromatic rings. The van der Waals surface area contributed by atoms with Crippen LogP contribution < -0.4 is 5.73 Å². The van der Waals surface area contributed by atoms with E-state index in [0.717, 1.165) is 12.8 Å². The van der Waals surface area contributed by atoms with Crippen molar-refractivity contribution in [2.24, 2.45) is 11.1 Å². The number of primary amides is 1. The first kappa shape index (κ1) is 12.5. The number of carbonyl (C=O) groups excluding carboxylic acids is 1. The smallest absolute Gasteiger partial charge is 0.225 e. The molecule has 0 radical (unpaired) electrons. The van der Waals surface area contributed by atoms with Crippen LogP contribution in [0.1, 0.15) is 64.2 Å². The molecular weight excluding hydrogens is 224 g/mol. The molecule has 0 bridgehead atoms. The second kappa shape index (κ2) is 4.52. The van der Waals surface area contributed by atoms with E-state index in [0.29, 0.717) is 0 Å². The Kier molecular flexibility index (Phi) is 3.13. The summed E-state index contributed by atoms with van der Waals surface area (Å²) in [5, 5.41) is 0. The van der Waals surface area contributed by atoms with Crippen LogP contribution in [0.5, 0.6) is 0 Å². The summed E-state index contributed by atoms with van der Waals surface area (Å²) in [7, 11) is 0. The van der Waals surface area contributed by atoms with Crippen LogP contribution in [-0.2, 0) is 4.79 Å². The summed E-state index contributed by atoms with van der Waals surface area (Å²) in [4.78, 5) is 14.7. The third kappa shape index (κ3) is 1.70. The SMILES string of the molecule is NC(=O)C1(C2(N3CCCCC3)CCCCC2)CC1. The Bertz CT molecular complexity index is 323. The predicted octanol–water partition coefficient (Wildman–Crippen LogP) is 2.44. The summed E-state index contributed by atoms with van der Waals surface area (Å²) < 4.78 is 0. The molecular formula is C15H26N2O. The molecule has 0 aromatic heterocycles. The molecule has 1 saturated heterocycles. The van der Waals surface area contributed by atoms with Crippen molar-refractivity contribution in [2.45, 2.75) is 69.7 Å². The quantitative estimate of drug-likeness (QED) is 0.836. The van der Waals surface area contributed by atoms with E-state index in [1.54, 1.807) is 0 Å². The molecule has 0 spiro atoms. The van der Waals surface area contributed by atoms with Gasteiger partial charge in [-0.3, -0.25) is 9.69 Å². The van der Waals surface area contributed by atoms with Gasteiger partial charge in [0.15, 0.2) is 0 Å². The Hall–Kier alpha value is -0.570. The van der Waals surface area contributed by atoms with Gasteiger partial charge in [-0.05, 0) is 51.6 Å². The molecule has 3 heteroatoms. The number of hydrogen-bond donors (Lipinski definition) is 1. The first-order valence-corrected chi connectivity index (χ1v) is 7.76. The summed E-state index contributed by atoms with van der Waals surface area (Å²) >= 11 is 0. The number of rotatable bonds is 3. The van der Waals surface area contributed by atoms with E-state index in [1.165, 1.54) is 64.5 Å². The number of likely N-dealkylation sites (tertiary alicyclic amines) is 1. The van der Waals surface area contributed by atoms with Crippen molar-refractivity contribution in [3.8, 4) is 0 Å². The molecule has 1 aliphatic heterocycles. The van der Waals surface area contributed by atoms with Gasteiger partial charge in [0.25, 0.3) is 0 Å². The largest absolute Gasteiger partial charge is 0.369 e. The highest BCUT2D eigenvalue weighted by Gasteiger charge is 2.65. The standard InChI is InChI=1S/C15H26N2O/c16-13(18)14(9-10-14)15(7-3-1-4-8-15)17-11-5-2-6-12-17/h1-12H2,(H2,16,18). The van der Waals surface area contributed by atoms with Gasteiger partial charge in [-0.25, -0.2) is 0 Å². The number of piperidine rings is 1. The number of nitrogens with two attached hydrogens (primary N) is 1. The topological polar surface area (TPSA) is 46.3 Å². The molecule has 0 unspecified atom stereocenters. The molecule has 18 heavy (non-hydrogen) atoms. The molecule has 2 saturated carbocycles. The Balaban J connectivity index is 1.90. The zero-order valence-electron chi connectivity index (χ0n) is 11.4. The first-order chi connectivity index (χ1) is 8.71. The van der Waals surface area contributed by atoms with Gasteiger partial charge in [-0.1, -0.05) is 25.7 Å². The molecule has 0 atom stereocenters. The lowest BCUT2D eigenvalue weighted by molar-refractivity contribution is -0.133. The summed E-state index contributed by atoms with van der Waals surface area (Å²) in [6.07, 6.45) is 12.4. The summed E-state index contributed by atoms with van der Waals surface area (Å²) in [6.45, 7) is 2.38. The molecule has 3 nitrogen and oxygen atoms in total. The Labute approximate surface area is 110 Å². The molecule has 0 aromatic carbocycles. The zero-order valence-corrected chi connectivity index (χ0v) is 11.4. The number of amides is 1. The molecule has 1 heterocycles. The minimum Gasteiger partial charge on any atom is -0.369 e. The van der Waals surface area contributed by atoms with E-state index in [1.807, 2.05) is 0 Å². The summed E-state index contributed by atoms with van der Waals surface area (Å²) in [6, 6.07) is 0. The first-order valence-electron chi connectivity index (χ1n) is 7.76.